The molecule has 0 aliphatic rings. The van der Waals surface area contributed by atoms with Gasteiger partial charge in [0.1, 0.15) is 23.6 Å². The predicted molar refractivity (Wildman–Crippen MR) is 138 cm³/mol. The molecule has 4 aromatic rings. The van der Waals surface area contributed by atoms with Crippen molar-refractivity contribution >= 4 is 0 Å². The number of rotatable bonds is 7. The zero-order valence-electron chi connectivity index (χ0n) is 21.5. The van der Waals surface area contributed by atoms with Crippen LogP contribution in [0, 0.1) is 0 Å². The first-order valence-corrected chi connectivity index (χ1v) is 12.0. The molecule has 0 bridgehead atoms. The summed E-state index contributed by atoms with van der Waals surface area (Å²) >= 11 is 0. The number of nitrogens with one attached hydrogen (secondary N) is 1. The minimum Gasteiger partial charge on any atom is -0.507 e. The third-order valence-corrected chi connectivity index (χ3v) is 6.00. The molecule has 0 atom stereocenters. The lowest BCUT2D eigenvalue weighted by molar-refractivity contribution is 0.320. The van der Waals surface area contributed by atoms with Gasteiger partial charge in [0.15, 0.2) is 0 Å². The van der Waals surface area contributed by atoms with Gasteiger partial charge >= 0.3 is 0 Å². The quantitative estimate of drug-likeness (QED) is 0.317. The van der Waals surface area contributed by atoms with E-state index in [0.717, 1.165) is 40.4 Å². The van der Waals surface area contributed by atoms with Crippen molar-refractivity contribution in [3.05, 3.63) is 83.3 Å². The Hall–Kier alpha value is -3.54. The molecule has 0 unspecified atom stereocenters. The molecule has 2 heterocycles. The maximum Gasteiger partial charge on any atom is 0.226 e. The fourth-order valence-electron chi connectivity index (χ4n) is 4.02. The van der Waals surface area contributed by atoms with Crippen LogP contribution in [0.3, 0.4) is 0 Å². The van der Waals surface area contributed by atoms with Gasteiger partial charge in [-0.3, -0.25) is 0 Å². The van der Waals surface area contributed by atoms with E-state index in [-0.39, 0.29) is 10.8 Å². The predicted octanol–water partition coefficient (Wildman–Crippen LogP) is 6.58. The Balaban J connectivity index is 1.43. The Labute approximate surface area is 207 Å². The fraction of sp³-hybridized carbons (Fsp3) is 0.379. The largest absolute Gasteiger partial charge is 0.507 e. The van der Waals surface area contributed by atoms with Crippen molar-refractivity contribution < 1.29 is 14.3 Å². The molecule has 0 aliphatic heterocycles. The van der Waals surface area contributed by atoms with Crippen LogP contribution in [0.1, 0.15) is 69.8 Å². The van der Waals surface area contributed by atoms with Gasteiger partial charge in [-0.2, -0.15) is 0 Å². The van der Waals surface area contributed by atoms with Gasteiger partial charge in [-0.1, -0.05) is 53.7 Å². The summed E-state index contributed by atoms with van der Waals surface area (Å²) in [5.41, 5.74) is 4.23. The number of aromatic nitrogens is 3. The molecule has 2 aromatic carbocycles. The summed E-state index contributed by atoms with van der Waals surface area (Å²) in [6, 6.07) is 12.0. The van der Waals surface area contributed by atoms with Gasteiger partial charge < -0.3 is 19.2 Å². The molecule has 2 aromatic heterocycles. The molecule has 4 rings (SSSR count). The molecule has 0 radical (unpaired) electrons. The van der Waals surface area contributed by atoms with Crippen LogP contribution in [0.15, 0.2) is 59.5 Å². The number of oxazole rings is 1. The standard InChI is InChI=1S/C29H35N3O3/c1-28(2,3)23-16-20(17-24(26(23)33)29(4,5)6)27-32-21(18-35-27)11-14-34-22-9-7-19(8-10-22)15-25-30-12-13-31-25/h7-10,12-13,16-18,33H,11,14-15H2,1-6H3,(H,30,31). The molecule has 35 heavy (non-hydrogen) atoms. The van der Waals surface area contributed by atoms with E-state index in [9.17, 15) is 5.11 Å². The Kier molecular flexibility index (Phi) is 6.75. The Morgan fingerprint density at radius 1 is 0.971 bits per heavy atom. The lowest BCUT2D eigenvalue weighted by atomic mass is 9.78. The first kappa shape index (κ1) is 24.6. The third kappa shape index (κ3) is 5.94. The Bertz CT molecular complexity index is 1220. The number of phenols is 1. The van der Waals surface area contributed by atoms with E-state index in [0.29, 0.717) is 24.7 Å². The van der Waals surface area contributed by atoms with Gasteiger partial charge in [0.05, 0.1) is 12.3 Å². The molecule has 0 saturated carbocycles. The SMILES string of the molecule is CC(C)(C)c1cc(-c2nc(CCOc3ccc(Cc4ncc[nH]4)cc3)co2)cc(C(C)(C)C)c1O. The molecular weight excluding hydrogens is 438 g/mol. The van der Waals surface area contributed by atoms with Crippen LogP contribution in [0.2, 0.25) is 0 Å². The minimum atomic E-state index is -0.211. The highest BCUT2D eigenvalue weighted by Gasteiger charge is 2.27. The van der Waals surface area contributed by atoms with E-state index in [1.165, 1.54) is 5.56 Å². The second-order valence-electron chi connectivity index (χ2n) is 11.0. The average Bonchev–Trinajstić information content (AvgIpc) is 3.46. The smallest absolute Gasteiger partial charge is 0.226 e. The molecule has 184 valence electrons. The van der Waals surface area contributed by atoms with E-state index >= 15 is 0 Å². The zero-order valence-corrected chi connectivity index (χ0v) is 21.5. The molecule has 6 heteroatoms. The summed E-state index contributed by atoms with van der Waals surface area (Å²) in [7, 11) is 0. The van der Waals surface area contributed by atoms with Crippen molar-refractivity contribution in [1.29, 1.82) is 0 Å². The van der Waals surface area contributed by atoms with Gasteiger partial charge in [0.25, 0.3) is 0 Å². The highest BCUT2D eigenvalue weighted by atomic mass is 16.5. The van der Waals surface area contributed by atoms with Crippen LogP contribution in [0.4, 0.5) is 0 Å². The second kappa shape index (κ2) is 9.61. The van der Waals surface area contributed by atoms with E-state index < -0.39 is 0 Å². The number of aromatic hydroxyl groups is 1. The normalized spacial score (nSPS) is 12.2. The third-order valence-electron chi connectivity index (χ3n) is 6.00. The van der Waals surface area contributed by atoms with Crippen molar-refractivity contribution in [2.24, 2.45) is 0 Å². The van der Waals surface area contributed by atoms with E-state index in [4.69, 9.17) is 14.1 Å². The zero-order chi connectivity index (χ0) is 25.2. The molecule has 6 nitrogen and oxygen atoms in total. The van der Waals surface area contributed by atoms with Gasteiger partial charge in [0.2, 0.25) is 5.89 Å². The Morgan fingerprint density at radius 3 is 2.20 bits per heavy atom. The van der Waals surface area contributed by atoms with Crippen LogP contribution in [0.5, 0.6) is 11.5 Å². The number of aromatic amines is 1. The summed E-state index contributed by atoms with van der Waals surface area (Å²) in [5, 5.41) is 11.0. The first-order valence-electron chi connectivity index (χ1n) is 12.0. The summed E-state index contributed by atoms with van der Waals surface area (Å²) in [4.78, 5) is 12.1. The first-order chi connectivity index (χ1) is 16.5. The van der Waals surface area contributed by atoms with Gasteiger partial charge in [0, 0.05) is 41.9 Å². The number of ether oxygens (including phenoxy) is 1. The van der Waals surface area contributed by atoms with E-state index in [1.54, 1.807) is 12.5 Å². The van der Waals surface area contributed by atoms with Crippen LogP contribution in [0.25, 0.3) is 11.5 Å². The number of H-pyrrole nitrogens is 1. The topological polar surface area (TPSA) is 84.2 Å². The highest BCUT2D eigenvalue weighted by molar-refractivity contribution is 5.63. The summed E-state index contributed by atoms with van der Waals surface area (Å²) < 4.78 is 11.8. The maximum atomic E-state index is 11.0. The monoisotopic (exact) mass is 473 g/mol. The van der Waals surface area contributed by atoms with Crippen LogP contribution in [-0.4, -0.2) is 26.7 Å². The number of imidazole rings is 1. The number of hydrogen-bond acceptors (Lipinski definition) is 5. The van der Waals surface area contributed by atoms with Crippen molar-refractivity contribution in [3.63, 3.8) is 0 Å². The lowest BCUT2D eigenvalue weighted by Crippen LogP contribution is -2.17. The maximum absolute atomic E-state index is 11.0. The van der Waals surface area contributed by atoms with Crippen LogP contribution < -0.4 is 4.74 Å². The van der Waals surface area contributed by atoms with Crippen molar-refractivity contribution in [2.75, 3.05) is 6.61 Å². The van der Waals surface area contributed by atoms with E-state index in [1.807, 2.05) is 30.5 Å². The number of phenolic OH excluding ortho intramolecular Hbond substituents is 1. The molecule has 0 amide bonds. The summed E-state index contributed by atoms with van der Waals surface area (Å²) in [6.07, 6.45) is 6.67. The second-order valence-corrected chi connectivity index (χ2v) is 11.0. The molecule has 0 spiro atoms. The lowest BCUT2D eigenvalue weighted by Gasteiger charge is -2.27. The molecule has 0 aliphatic carbocycles. The molecule has 0 saturated heterocycles. The molecule has 2 N–H and O–H groups in total. The van der Waals surface area contributed by atoms with Gasteiger partial charge in [-0.05, 0) is 40.7 Å². The van der Waals surface area contributed by atoms with Crippen LogP contribution >= 0.6 is 0 Å². The van der Waals surface area contributed by atoms with Crippen LogP contribution in [-0.2, 0) is 23.7 Å². The highest BCUT2D eigenvalue weighted by Crippen LogP contribution is 2.41. The minimum absolute atomic E-state index is 0.211. The Morgan fingerprint density at radius 2 is 1.63 bits per heavy atom. The summed E-state index contributed by atoms with van der Waals surface area (Å²) in [6.45, 7) is 13.1. The van der Waals surface area contributed by atoms with Crippen molar-refractivity contribution in [2.45, 2.75) is 65.2 Å². The molecular formula is C29H35N3O3. The van der Waals surface area contributed by atoms with Gasteiger partial charge in [-0.25, -0.2) is 9.97 Å². The summed E-state index contributed by atoms with van der Waals surface area (Å²) in [5.74, 6) is 2.67. The number of nitrogens with zero attached hydrogens (tertiary/aromatic N) is 2. The molecule has 0 fully saturated rings. The van der Waals surface area contributed by atoms with Gasteiger partial charge in [-0.15, -0.1) is 0 Å². The number of hydrogen-bond donors (Lipinski definition) is 2. The van der Waals surface area contributed by atoms with E-state index in [2.05, 4.69) is 63.6 Å². The van der Waals surface area contributed by atoms with Crippen molar-refractivity contribution in [1.82, 2.24) is 15.0 Å². The number of benzene rings is 2. The van der Waals surface area contributed by atoms with Crippen molar-refractivity contribution in [3.8, 4) is 23.0 Å². The average molecular weight is 474 g/mol. The fourth-order valence-corrected chi connectivity index (χ4v) is 4.02.